The average Bonchev–Trinajstić information content (AvgIpc) is 3.03. The molecule has 4 rings (SSSR count). The number of benzene rings is 2. The van der Waals surface area contributed by atoms with Crippen LogP contribution in [0, 0.1) is 0 Å². The first kappa shape index (κ1) is 18.9. The van der Waals surface area contributed by atoms with Gasteiger partial charge in [-0.3, -0.25) is 0 Å². The molecule has 1 aromatic heterocycles. The average molecular weight is 425 g/mol. The molecule has 142 valence electrons. The molecule has 3 aromatic rings. The first-order chi connectivity index (χ1) is 12.8. The Balaban J connectivity index is 2.09. The Bertz CT molecular complexity index is 1040. The van der Waals surface area contributed by atoms with Gasteiger partial charge in [-0.2, -0.15) is 0 Å². The molecule has 0 amide bonds. The molecule has 0 radical (unpaired) electrons. The number of nitrogens with one attached hydrogen (secondary N) is 1. The van der Waals surface area contributed by atoms with E-state index in [1.54, 1.807) is 13.2 Å². The van der Waals surface area contributed by atoms with Crippen LogP contribution in [-0.2, 0) is 16.9 Å². The van der Waals surface area contributed by atoms with Crippen molar-refractivity contribution < 1.29 is 4.74 Å². The van der Waals surface area contributed by atoms with Gasteiger partial charge >= 0.3 is 0 Å². The maximum Gasteiger partial charge on any atom is 0.203 e. The predicted molar refractivity (Wildman–Crippen MR) is 113 cm³/mol. The van der Waals surface area contributed by atoms with Crippen molar-refractivity contribution in [3.05, 3.63) is 44.9 Å². The van der Waals surface area contributed by atoms with Gasteiger partial charge in [-0.1, -0.05) is 40.9 Å². The minimum Gasteiger partial charge on any atom is -0.374 e. The van der Waals surface area contributed by atoms with Crippen LogP contribution in [0.3, 0.4) is 0 Å². The number of methoxy groups -OCH3 is 1. The fourth-order valence-corrected chi connectivity index (χ4v) is 4.34. The van der Waals surface area contributed by atoms with Crippen molar-refractivity contribution in [1.82, 2.24) is 9.55 Å². The third-order valence-electron chi connectivity index (χ3n) is 5.18. The van der Waals surface area contributed by atoms with E-state index in [0.717, 1.165) is 53.2 Å². The number of fused-ring (bicyclic) bond motifs is 3. The maximum atomic E-state index is 6.84. The SMILES string of the molecule is COC(C)(C)c1cc(-c2ccc(Cl)cc2Cl)c(Cl)c2nc3n(c12)CCCN3. The van der Waals surface area contributed by atoms with Crippen molar-refractivity contribution in [3.8, 4) is 11.1 Å². The minimum absolute atomic E-state index is 0.523. The lowest BCUT2D eigenvalue weighted by molar-refractivity contribution is 0.0202. The first-order valence-corrected chi connectivity index (χ1v) is 9.94. The highest BCUT2D eigenvalue weighted by molar-refractivity contribution is 6.40. The molecular formula is C20H20Cl3N3O. The molecule has 0 atom stereocenters. The summed E-state index contributed by atoms with van der Waals surface area (Å²) in [6.45, 7) is 5.88. The van der Waals surface area contributed by atoms with Crippen molar-refractivity contribution in [3.63, 3.8) is 0 Å². The second-order valence-electron chi connectivity index (χ2n) is 7.19. The van der Waals surface area contributed by atoms with Gasteiger partial charge in [0, 0.05) is 46.9 Å². The normalized spacial score (nSPS) is 14.3. The molecule has 0 fully saturated rings. The minimum atomic E-state index is -0.523. The fraction of sp³-hybridized carbons (Fsp3) is 0.350. The van der Waals surface area contributed by atoms with Crippen LogP contribution in [0.5, 0.6) is 0 Å². The highest BCUT2D eigenvalue weighted by Crippen LogP contribution is 2.44. The first-order valence-electron chi connectivity index (χ1n) is 8.81. The van der Waals surface area contributed by atoms with Crippen molar-refractivity contribution in [1.29, 1.82) is 0 Å². The number of ether oxygens (including phenoxy) is 1. The Kier molecular flexibility index (Phi) is 4.79. The number of halogens is 3. The van der Waals surface area contributed by atoms with Crippen molar-refractivity contribution in [2.75, 3.05) is 19.0 Å². The number of imidazole rings is 1. The number of aryl methyl sites for hydroxylation is 1. The molecule has 1 aliphatic rings. The number of hydrogen-bond donors (Lipinski definition) is 1. The van der Waals surface area contributed by atoms with Crippen molar-refractivity contribution in [2.45, 2.75) is 32.4 Å². The van der Waals surface area contributed by atoms with E-state index < -0.39 is 5.60 Å². The Morgan fingerprint density at radius 1 is 1.15 bits per heavy atom. The number of nitrogens with zero attached hydrogens (tertiary/aromatic N) is 2. The summed E-state index contributed by atoms with van der Waals surface area (Å²) >= 11 is 19.4. The van der Waals surface area contributed by atoms with E-state index in [4.69, 9.17) is 44.5 Å². The monoisotopic (exact) mass is 423 g/mol. The number of aromatic nitrogens is 2. The van der Waals surface area contributed by atoms with E-state index >= 15 is 0 Å². The molecule has 1 aliphatic heterocycles. The van der Waals surface area contributed by atoms with Crippen LogP contribution in [0.4, 0.5) is 5.95 Å². The fourth-order valence-electron chi connectivity index (χ4n) is 3.55. The van der Waals surface area contributed by atoms with Gasteiger partial charge in [-0.15, -0.1) is 0 Å². The number of rotatable bonds is 3. The highest BCUT2D eigenvalue weighted by Gasteiger charge is 2.30. The van der Waals surface area contributed by atoms with Crippen molar-refractivity contribution in [2.24, 2.45) is 0 Å². The van der Waals surface area contributed by atoms with Crippen LogP contribution in [-0.4, -0.2) is 23.2 Å². The number of anilines is 1. The number of hydrogen-bond acceptors (Lipinski definition) is 3. The molecule has 0 bridgehead atoms. The van der Waals surface area contributed by atoms with E-state index in [2.05, 4.69) is 16.0 Å². The summed E-state index contributed by atoms with van der Waals surface area (Å²) in [6, 6.07) is 7.48. The van der Waals surface area contributed by atoms with Crippen LogP contribution in [0.15, 0.2) is 24.3 Å². The van der Waals surface area contributed by atoms with Gasteiger partial charge in [-0.05, 0) is 38.5 Å². The van der Waals surface area contributed by atoms with Gasteiger partial charge in [0.05, 0.1) is 16.1 Å². The molecule has 0 aliphatic carbocycles. The van der Waals surface area contributed by atoms with Gasteiger partial charge in [0.2, 0.25) is 5.95 Å². The zero-order valence-electron chi connectivity index (χ0n) is 15.4. The van der Waals surface area contributed by atoms with Gasteiger partial charge in [0.15, 0.2) is 0 Å². The largest absolute Gasteiger partial charge is 0.374 e. The molecule has 0 saturated heterocycles. The molecule has 0 unspecified atom stereocenters. The summed E-state index contributed by atoms with van der Waals surface area (Å²) in [5, 5.41) is 5.07. The summed E-state index contributed by atoms with van der Waals surface area (Å²) in [7, 11) is 1.71. The second kappa shape index (κ2) is 6.85. The summed E-state index contributed by atoms with van der Waals surface area (Å²) in [5.41, 5.74) is 3.90. The Morgan fingerprint density at radius 2 is 1.93 bits per heavy atom. The van der Waals surface area contributed by atoms with E-state index in [9.17, 15) is 0 Å². The smallest absolute Gasteiger partial charge is 0.203 e. The lowest BCUT2D eigenvalue weighted by atomic mass is 9.92. The van der Waals surface area contributed by atoms with Crippen LogP contribution >= 0.6 is 34.8 Å². The quantitative estimate of drug-likeness (QED) is 0.531. The van der Waals surface area contributed by atoms with E-state index in [1.165, 1.54) is 0 Å². The molecule has 0 saturated carbocycles. The van der Waals surface area contributed by atoms with E-state index in [0.29, 0.717) is 15.1 Å². The Morgan fingerprint density at radius 3 is 2.63 bits per heavy atom. The maximum absolute atomic E-state index is 6.84. The van der Waals surface area contributed by atoms with Crippen LogP contribution in [0.25, 0.3) is 22.2 Å². The Hall–Kier alpha value is -1.46. The molecule has 2 heterocycles. The molecule has 4 nitrogen and oxygen atoms in total. The third kappa shape index (κ3) is 3.09. The zero-order chi connectivity index (χ0) is 19.3. The van der Waals surface area contributed by atoms with E-state index in [-0.39, 0.29) is 0 Å². The summed E-state index contributed by atoms with van der Waals surface area (Å²) in [6.07, 6.45) is 1.04. The molecule has 0 spiro atoms. The highest BCUT2D eigenvalue weighted by atomic mass is 35.5. The van der Waals surface area contributed by atoms with Gasteiger partial charge < -0.3 is 14.6 Å². The third-order valence-corrected chi connectivity index (χ3v) is 6.11. The van der Waals surface area contributed by atoms with Gasteiger partial charge in [-0.25, -0.2) is 4.98 Å². The second-order valence-corrected chi connectivity index (χ2v) is 8.41. The van der Waals surface area contributed by atoms with Gasteiger partial charge in [0.1, 0.15) is 5.52 Å². The summed E-state index contributed by atoms with van der Waals surface area (Å²) in [4.78, 5) is 4.79. The molecule has 7 heteroatoms. The predicted octanol–water partition coefficient (Wildman–Crippen LogP) is 6.36. The Labute approximate surface area is 173 Å². The standard InChI is InChI=1S/C20H20Cl3N3O/c1-20(2,27-3)14-10-13(12-6-5-11(21)9-15(12)22)16(23)17-18(14)26-8-4-7-24-19(26)25-17/h5-6,9-10H,4,7-8H2,1-3H3,(H,24,25). The zero-order valence-corrected chi connectivity index (χ0v) is 17.6. The molecule has 2 aromatic carbocycles. The molecular weight excluding hydrogens is 405 g/mol. The van der Waals surface area contributed by atoms with Gasteiger partial charge in [0.25, 0.3) is 0 Å². The topological polar surface area (TPSA) is 39.1 Å². The van der Waals surface area contributed by atoms with E-state index in [1.807, 2.05) is 26.0 Å². The summed E-state index contributed by atoms with van der Waals surface area (Å²) in [5.74, 6) is 0.839. The lowest BCUT2D eigenvalue weighted by Gasteiger charge is -2.27. The van der Waals surface area contributed by atoms with Crippen LogP contribution < -0.4 is 5.32 Å². The molecule has 27 heavy (non-hydrogen) atoms. The van der Waals surface area contributed by atoms with Crippen LogP contribution in [0.1, 0.15) is 25.8 Å². The van der Waals surface area contributed by atoms with Crippen LogP contribution in [0.2, 0.25) is 15.1 Å². The van der Waals surface area contributed by atoms with Crippen molar-refractivity contribution >= 4 is 51.8 Å². The molecule has 1 N–H and O–H groups in total. The lowest BCUT2D eigenvalue weighted by Crippen LogP contribution is -2.23. The summed E-state index contributed by atoms with van der Waals surface area (Å²) < 4.78 is 8.00.